The molecule has 0 fully saturated rings. The summed E-state index contributed by atoms with van der Waals surface area (Å²) in [5, 5.41) is 16.1. The van der Waals surface area contributed by atoms with E-state index in [1.54, 1.807) is 36.5 Å². The van der Waals surface area contributed by atoms with Gasteiger partial charge >= 0.3 is 6.09 Å². The highest BCUT2D eigenvalue weighted by atomic mass is 16.4. The maximum Gasteiger partial charge on any atom is 0.426 e. The largest absolute Gasteiger partial charge is 0.464 e. The number of H-pyrrole nitrogens is 1. The molecule has 0 aliphatic heterocycles. The summed E-state index contributed by atoms with van der Waals surface area (Å²) in [6.07, 6.45) is 0.375. The van der Waals surface area contributed by atoms with Crippen LogP contribution in [0.2, 0.25) is 0 Å². The van der Waals surface area contributed by atoms with Crippen LogP contribution >= 0.6 is 0 Å². The molecule has 0 aliphatic carbocycles. The van der Waals surface area contributed by atoms with Gasteiger partial charge in [-0.3, -0.25) is 5.10 Å². The Labute approximate surface area is 91.3 Å². The predicted octanol–water partition coefficient (Wildman–Crippen LogP) is 1.43. The van der Waals surface area contributed by atoms with Gasteiger partial charge in [-0.05, 0) is 12.1 Å². The zero-order valence-electron chi connectivity index (χ0n) is 8.29. The summed E-state index contributed by atoms with van der Waals surface area (Å²) in [5.74, 6) is 5.44. The van der Waals surface area contributed by atoms with Gasteiger partial charge in [-0.2, -0.15) is 5.10 Å². The fourth-order valence-corrected chi connectivity index (χ4v) is 1.42. The van der Waals surface area contributed by atoms with Gasteiger partial charge in [0, 0.05) is 11.8 Å². The maximum atomic E-state index is 10.8. The van der Waals surface area contributed by atoms with Crippen LogP contribution in [0.5, 0.6) is 0 Å². The van der Waals surface area contributed by atoms with Crippen molar-refractivity contribution in [1.82, 2.24) is 10.2 Å². The number of hydrogen-bond donors (Lipinski definition) is 3. The fraction of sp³-hybridized carbons (Fsp3) is 0. The molecule has 0 aliphatic rings. The number of nitrogens with one attached hydrogen (secondary N) is 1. The van der Waals surface area contributed by atoms with Crippen molar-refractivity contribution >= 4 is 11.8 Å². The van der Waals surface area contributed by atoms with Crippen molar-refractivity contribution in [2.75, 3.05) is 5.01 Å². The van der Waals surface area contributed by atoms with E-state index in [-0.39, 0.29) is 0 Å². The van der Waals surface area contributed by atoms with Crippen LogP contribution in [0.3, 0.4) is 0 Å². The van der Waals surface area contributed by atoms with Crippen molar-refractivity contribution in [3.63, 3.8) is 0 Å². The lowest BCUT2D eigenvalue weighted by Crippen LogP contribution is -2.36. The van der Waals surface area contributed by atoms with Crippen LogP contribution in [0.15, 0.2) is 36.5 Å². The molecule has 2 rings (SSSR count). The smallest absolute Gasteiger partial charge is 0.426 e. The van der Waals surface area contributed by atoms with E-state index in [4.69, 9.17) is 10.9 Å². The Morgan fingerprint density at radius 3 is 2.75 bits per heavy atom. The lowest BCUT2D eigenvalue weighted by Gasteiger charge is -2.15. The summed E-state index contributed by atoms with van der Waals surface area (Å²) < 4.78 is 0. The number of para-hydroxylation sites is 1. The van der Waals surface area contributed by atoms with Crippen molar-refractivity contribution in [1.29, 1.82) is 0 Å². The molecule has 1 amide bonds. The van der Waals surface area contributed by atoms with Crippen LogP contribution in [-0.2, 0) is 0 Å². The quantitative estimate of drug-likeness (QED) is 0.403. The monoisotopic (exact) mass is 218 g/mol. The first-order chi connectivity index (χ1) is 7.70. The van der Waals surface area contributed by atoms with E-state index in [1.165, 1.54) is 0 Å². The highest BCUT2D eigenvalue weighted by Crippen LogP contribution is 2.27. The van der Waals surface area contributed by atoms with Gasteiger partial charge in [-0.15, -0.1) is 0 Å². The lowest BCUT2D eigenvalue weighted by atomic mass is 10.1. The summed E-state index contributed by atoms with van der Waals surface area (Å²) >= 11 is 0. The molecule has 4 N–H and O–H groups in total. The Hall–Kier alpha value is -2.34. The van der Waals surface area contributed by atoms with Gasteiger partial charge in [-0.25, -0.2) is 15.6 Å². The third-order valence-electron chi connectivity index (χ3n) is 2.16. The molecular weight excluding hydrogens is 208 g/mol. The zero-order valence-corrected chi connectivity index (χ0v) is 8.29. The number of nitrogens with zero attached hydrogens (tertiary/aromatic N) is 2. The second kappa shape index (κ2) is 4.03. The van der Waals surface area contributed by atoms with Gasteiger partial charge in [-0.1, -0.05) is 18.2 Å². The number of aromatic nitrogens is 2. The molecule has 0 radical (unpaired) electrons. The number of rotatable bonds is 2. The highest BCUT2D eigenvalue weighted by molar-refractivity contribution is 5.90. The van der Waals surface area contributed by atoms with Crippen LogP contribution in [-0.4, -0.2) is 21.4 Å². The van der Waals surface area contributed by atoms with Gasteiger partial charge in [0.2, 0.25) is 0 Å². The minimum absolute atomic E-state index is 0.402. The number of nitrogens with two attached hydrogens (primary N) is 1. The van der Waals surface area contributed by atoms with Crippen LogP contribution in [0.25, 0.3) is 11.3 Å². The van der Waals surface area contributed by atoms with E-state index in [2.05, 4.69) is 10.2 Å². The summed E-state index contributed by atoms with van der Waals surface area (Å²) in [7, 11) is 0. The molecule has 16 heavy (non-hydrogen) atoms. The van der Waals surface area contributed by atoms with Gasteiger partial charge < -0.3 is 5.11 Å². The second-order valence-electron chi connectivity index (χ2n) is 3.14. The first-order valence-corrected chi connectivity index (χ1v) is 4.56. The summed E-state index contributed by atoms with van der Waals surface area (Å²) in [4.78, 5) is 10.8. The molecule has 82 valence electrons. The Bertz CT molecular complexity index is 495. The Morgan fingerprint density at radius 1 is 1.38 bits per heavy atom. The summed E-state index contributed by atoms with van der Waals surface area (Å²) in [6.45, 7) is 0. The van der Waals surface area contributed by atoms with Crippen molar-refractivity contribution in [3.8, 4) is 11.3 Å². The van der Waals surface area contributed by atoms with E-state index in [0.717, 1.165) is 0 Å². The molecule has 6 heteroatoms. The van der Waals surface area contributed by atoms with Gasteiger partial charge in [0.25, 0.3) is 0 Å². The molecule has 0 spiro atoms. The van der Waals surface area contributed by atoms with E-state index in [1.807, 2.05) is 0 Å². The lowest BCUT2D eigenvalue weighted by molar-refractivity contribution is 0.202. The standard InChI is InChI=1S/C10H10N4O2/c11-14(10(15)16)9-4-2-1-3-7(9)8-5-6-12-13-8/h1-6H,11H2,(H,12,13)(H,15,16). The molecule has 0 bridgehead atoms. The van der Waals surface area contributed by atoms with Crippen molar-refractivity contribution < 1.29 is 9.90 Å². The number of carboxylic acid groups (broad SMARTS) is 1. The van der Waals surface area contributed by atoms with Crippen LogP contribution in [0.1, 0.15) is 0 Å². The predicted molar refractivity (Wildman–Crippen MR) is 58.7 cm³/mol. The highest BCUT2D eigenvalue weighted by Gasteiger charge is 2.14. The Morgan fingerprint density at radius 2 is 2.12 bits per heavy atom. The van der Waals surface area contributed by atoms with E-state index < -0.39 is 6.09 Å². The number of amides is 1. The molecule has 6 nitrogen and oxygen atoms in total. The van der Waals surface area contributed by atoms with E-state index in [9.17, 15) is 4.79 Å². The van der Waals surface area contributed by atoms with E-state index >= 15 is 0 Å². The Balaban J connectivity index is 2.50. The maximum absolute atomic E-state index is 10.8. The van der Waals surface area contributed by atoms with Crippen molar-refractivity contribution in [3.05, 3.63) is 36.5 Å². The van der Waals surface area contributed by atoms with Gasteiger partial charge in [0.15, 0.2) is 0 Å². The third-order valence-corrected chi connectivity index (χ3v) is 2.16. The van der Waals surface area contributed by atoms with Crippen LogP contribution in [0.4, 0.5) is 10.5 Å². The molecule has 0 saturated carbocycles. The number of carbonyl (C=O) groups is 1. The number of hydrazine groups is 1. The third kappa shape index (κ3) is 1.73. The van der Waals surface area contributed by atoms with E-state index in [0.29, 0.717) is 22.0 Å². The second-order valence-corrected chi connectivity index (χ2v) is 3.14. The molecular formula is C10H10N4O2. The molecule has 1 aromatic heterocycles. The zero-order chi connectivity index (χ0) is 11.5. The minimum Gasteiger partial charge on any atom is -0.464 e. The van der Waals surface area contributed by atoms with Crippen molar-refractivity contribution in [2.24, 2.45) is 5.84 Å². The first-order valence-electron chi connectivity index (χ1n) is 4.56. The number of aromatic amines is 1. The summed E-state index contributed by atoms with van der Waals surface area (Å²) in [5.41, 5.74) is 1.80. The number of benzene rings is 1. The molecule has 0 atom stereocenters. The number of hydrogen-bond acceptors (Lipinski definition) is 3. The van der Waals surface area contributed by atoms with Crippen LogP contribution in [0, 0.1) is 0 Å². The fourth-order valence-electron chi connectivity index (χ4n) is 1.42. The molecule has 1 heterocycles. The van der Waals surface area contributed by atoms with Crippen molar-refractivity contribution in [2.45, 2.75) is 0 Å². The normalized spacial score (nSPS) is 10.1. The van der Waals surface area contributed by atoms with Crippen LogP contribution < -0.4 is 10.9 Å². The van der Waals surface area contributed by atoms with Gasteiger partial charge in [0.05, 0.1) is 11.4 Å². The summed E-state index contributed by atoms with van der Waals surface area (Å²) in [6, 6.07) is 8.66. The minimum atomic E-state index is -1.22. The SMILES string of the molecule is NN(C(=O)O)c1ccccc1-c1ccn[nH]1. The molecule has 2 aromatic rings. The first kappa shape index (κ1) is 10.2. The average molecular weight is 218 g/mol. The van der Waals surface area contributed by atoms with Gasteiger partial charge in [0.1, 0.15) is 0 Å². The average Bonchev–Trinajstić information content (AvgIpc) is 2.81. The topological polar surface area (TPSA) is 95.2 Å². The Kier molecular flexibility index (Phi) is 2.57. The molecule has 1 aromatic carbocycles. The molecule has 0 saturated heterocycles. The molecule has 0 unspecified atom stereocenters. The number of anilines is 1.